The van der Waals surface area contributed by atoms with E-state index in [0.717, 1.165) is 27.1 Å². The molecule has 0 bridgehead atoms. The van der Waals surface area contributed by atoms with Crippen molar-refractivity contribution < 1.29 is 9.47 Å². The Labute approximate surface area is 181 Å². The molecule has 0 saturated heterocycles. The smallest absolute Gasteiger partial charge is 0.264 e. The van der Waals surface area contributed by atoms with Crippen molar-refractivity contribution in [1.29, 1.82) is 0 Å². The number of nitrogen functional groups attached to an aromatic ring is 1. The van der Waals surface area contributed by atoms with Crippen molar-refractivity contribution in [2.75, 3.05) is 25.5 Å². The molecular formula is C19H21BrN6O2S. The summed E-state index contributed by atoms with van der Waals surface area (Å²) in [7, 11) is 3.19. The van der Waals surface area contributed by atoms with Crippen molar-refractivity contribution in [1.82, 2.24) is 14.9 Å². The molecule has 1 aromatic heterocycles. The summed E-state index contributed by atoms with van der Waals surface area (Å²) in [6.07, 6.45) is 0. The largest absolute Gasteiger partial charge is 0.493 e. The third kappa shape index (κ3) is 5.21. The molecule has 3 rings (SSSR count). The second-order valence-corrected chi connectivity index (χ2v) is 7.83. The van der Waals surface area contributed by atoms with Gasteiger partial charge in [-0.05, 0) is 42.8 Å². The number of hydrogen-bond acceptors (Lipinski definition) is 8. The van der Waals surface area contributed by atoms with E-state index in [9.17, 15) is 0 Å². The van der Waals surface area contributed by atoms with Crippen LogP contribution in [0.3, 0.4) is 0 Å². The molecule has 3 N–H and O–H groups in total. The third-order valence-corrected chi connectivity index (χ3v) is 5.55. The van der Waals surface area contributed by atoms with Crippen LogP contribution in [-0.4, -0.2) is 34.8 Å². The third-order valence-electron chi connectivity index (χ3n) is 4.05. The fourth-order valence-corrected chi connectivity index (χ4v) is 3.73. The van der Waals surface area contributed by atoms with Crippen LogP contribution in [0.5, 0.6) is 11.5 Å². The molecule has 152 valence electrons. The molecule has 0 atom stereocenters. The van der Waals surface area contributed by atoms with E-state index in [2.05, 4.69) is 42.7 Å². The van der Waals surface area contributed by atoms with Crippen molar-refractivity contribution in [2.24, 2.45) is 5.10 Å². The summed E-state index contributed by atoms with van der Waals surface area (Å²) in [4.78, 5) is 0. The fraction of sp³-hybridized carbons (Fsp3) is 0.211. The van der Waals surface area contributed by atoms with Crippen LogP contribution in [-0.2, 0) is 5.75 Å². The zero-order valence-electron chi connectivity index (χ0n) is 16.2. The van der Waals surface area contributed by atoms with Gasteiger partial charge in [0.05, 0.1) is 19.9 Å². The highest BCUT2D eigenvalue weighted by Crippen LogP contribution is 2.28. The molecule has 10 heteroatoms. The number of thioether (sulfide) groups is 1. The van der Waals surface area contributed by atoms with Crippen LogP contribution in [0.2, 0.25) is 0 Å². The van der Waals surface area contributed by atoms with E-state index >= 15 is 0 Å². The number of halogens is 1. The molecule has 0 aliphatic carbocycles. The molecular weight excluding hydrogens is 456 g/mol. The number of nitrogens with one attached hydrogen (secondary N) is 1. The summed E-state index contributed by atoms with van der Waals surface area (Å²) >= 11 is 4.96. The van der Waals surface area contributed by atoms with E-state index in [4.69, 9.17) is 15.3 Å². The Balaban J connectivity index is 1.67. The Hall–Kier alpha value is -2.72. The van der Waals surface area contributed by atoms with Gasteiger partial charge in [0.2, 0.25) is 5.16 Å². The van der Waals surface area contributed by atoms with Crippen LogP contribution < -0.4 is 20.7 Å². The summed E-state index contributed by atoms with van der Waals surface area (Å²) in [5.74, 6) is 8.46. The average molecular weight is 477 g/mol. The monoisotopic (exact) mass is 476 g/mol. The van der Waals surface area contributed by atoms with Crippen LogP contribution in [0.1, 0.15) is 18.1 Å². The molecule has 0 radical (unpaired) electrons. The number of hydrazone groups is 1. The fourth-order valence-electron chi connectivity index (χ4n) is 2.49. The van der Waals surface area contributed by atoms with E-state index in [-0.39, 0.29) is 0 Å². The zero-order chi connectivity index (χ0) is 20.8. The van der Waals surface area contributed by atoms with Crippen molar-refractivity contribution in [3.8, 4) is 11.5 Å². The molecule has 0 aliphatic heterocycles. The minimum Gasteiger partial charge on any atom is -0.493 e. The van der Waals surface area contributed by atoms with Crippen molar-refractivity contribution in [3.63, 3.8) is 0 Å². The molecule has 0 saturated carbocycles. The first-order chi connectivity index (χ1) is 14.0. The highest BCUT2D eigenvalue weighted by molar-refractivity contribution is 9.10. The number of methoxy groups -OCH3 is 2. The summed E-state index contributed by atoms with van der Waals surface area (Å²) in [6, 6.07) is 13.7. The number of nitrogens with two attached hydrogens (primary N) is 1. The van der Waals surface area contributed by atoms with Crippen molar-refractivity contribution in [3.05, 3.63) is 58.1 Å². The van der Waals surface area contributed by atoms with Crippen molar-refractivity contribution >= 4 is 39.4 Å². The molecule has 0 spiro atoms. The molecule has 8 nitrogen and oxygen atoms in total. The molecule has 0 aliphatic rings. The number of hydrogen-bond donors (Lipinski definition) is 2. The Morgan fingerprint density at radius 2 is 1.97 bits per heavy atom. The van der Waals surface area contributed by atoms with E-state index in [1.807, 2.05) is 43.3 Å². The van der Waals surface area contributed by atoms with Gasteiger partial charge in [0.1, 0.15) is 0 Å². The maximum Gasteiger partial charge on any atom is 0.264 e. The molecule has 3 aromatic rings. The standard InChI is InChI=1S/C19H21BrN6O2S/c1-12(14-7-8-16(27-2)17(10-14)28-3)22-23-18-24-25-19(26(18)21)29-11-13-5-4-6-15(20)9-13/h4-10H,11,21H2,1-3H3,(H,23,24)/b22-12+. The zero-order valence-corrected chi connectivity index (χ0v) is 18.6. The van der Waals surface area contributed by atoms with E-state index in [1.54, 1.807) is 14.2 Å². The van der Waals surface area contributed by atoms with Crippen LogP contribution in [0, 0.1) is 0 Å². The SMILES string of the molecule is COc1ccc(/C(C)=N/Nc2nnc(SCc3cccc(Br)c3)n2N)cc1OC. The van der Waals surface area contributed by atoms with Gasteiger partial charge < -0.3 is 15.3 Å². The van der Waals surface area contributed by atoms with Crippen LogP contribution in [0.15, 0.2) is 57.2 Å². The van der Waals surface area contributed by atoms with Gasteiger partial charge in [0, 0.05) is 15.8 Å². The van der Waals surface area contributed by atoms with Gasteiger partial charge in [-0.15, -0.1) is 10.2 Å². The van der Waals surface area contributed by atoms with Gasteiger partial charge in [-0.25, -0.2) is 10.1 Å². The lowest BCUT2D eigenvalue weighted by atomic mass is 10.1. The first kappa shape index (κ1) is 21.0. The van der Waals surface area contributed by atoms with Gasteiger partial charge >= 0.3 is 0 Å². The molecule has 0 fully saturated rings. The van der Waals surface area contributed by atoms with Gasteiger partial charge in [-0.3, -0.25) is 0 Å². The maximum absolute atomic E-state index is 6.10. The van der Waals surface area contributed by atoms with Gasteiger partial charge in [0.25, 0.3) is 5.95 Å². The summed E-state index contributed by atoms with van der Waals surface area (Å²) in [6.45, 7) is 1.87. The molecule has 1 heterocycles. The Morgan fingerprint density at radius 1 is 1.17 bits per heavy atom. The predicted molar refractivity (Wildman–Crippen MR) is 119 cm³/mol. The average Bonchev–Trinajstić information content (AvgIpc) is 3.09. The Kier molecular flexibility index (Phi) is 6.99. The lowest BCUT2D eigenvalue weighted by Gasteiger charge is -2.09. The minimum absolute atomic E-state index is 0.349. The van der Waals surface area contributed by atoms with E-state index < -0.39 is 0 Å². The first-order valence-electron chi connectivity index (χ1n) is 8.62. The number of benzene rings is 2. The molecule has 29 heavy (non-hydrogen) atoms. The predicted octanol–water partition coefficient (Wildman–Crippen LogP) is 3.90. The van der Waals surface area contributed by atoms with Gasteiger partial charge in [0.15, 0.2) is 11.5 Å². The summed E-state index contributed by atoms with van der Waals surface area (Å²) in [5, 5.41) is 13.1. The Bertz CT molecular complexity index is 1020. The van der Waals surface area contributed by atoms with E-state index in [0.29, 0.717) is 22.6 Å². The second kappa shape index (κ2) is 9.66. The lowest BCUT2D eigenvalue weighted by molar-refractivity contribution is 0.355. The lowest BCUT2D eigenvalue weighted by Crippen LogP contribution is -2.14. The van der Waals surface area contributed by atoms with E-state index in [1.165, 1.54) is 16.4 Å². The first-order valence-corrected chi connectivity index (χ1v) is 10.4. The number of nitrogens with zero attached hydrogens (tertiary/aromatic N) is 4. The number of anilines is 1. The normalized spacial score (nSPS) is 11.4. The maximum atomic E-state index is 6.10. The summed E-state index contributed by atoms with van der Waals surface area (Å²) in [5.41, 5.74) is 5.63. The highest BCUT2D eigenvalue weighted by atomic mass is 79.9. The summed E-state index contributed by atoms with van der Waals surface area (Å²) < 4.78 is 13.0. The number of ether oxygens (including phenoxy) is 2. The number of aromatic nitrogens is 3. The number of rotatable bonds is 8. The van der Waals surface area contributed by atoms with Crippen LogP contribution in [0.4, 0.5) is 5.95 Å². The minimum atomic E-state index is 0.349. The topological polar surface area (TPSA) is 99.6 Å². The van der Waals surface area contributed by atoms with Crippen molar-refractivity contribution in [2.45, 2.75) is 17.8 Å². The van der Waals surface area contributed by atoms with Crippen LogP contribution in [0.25, 0.3) is 0 Å². The molecule has 0 unspecified atom stereocenters. The van der Waals surface area contributed by atoms with Gasteiger partial charge in [-0.1, -0.05) is 39.8 Å². The highest BCUT2D eigenvalue weighted by Gasteiger charge is 2.11. The second-order valence-electron chi connectivity index (χ2n) is 5.97. The molecule has 2 aromatic carbocycles. The quantitative estimate of drug-likeness (QED) is 0.220. The Morgan fingerprint density at radius 3 is 2.69 bits per heavy atom. The van der Waals surface area contributed by atoms with Crippen LogP contribution >= 0.6 is 27.7 Å². The molecule has 0 amide bonds. The van der Waals surface area contributed by atoms with Gasteiger partial charge in [-0.2, -0.15) is 5.10 Å².